The molecule has 0 aliphatic carbocycles. The van der Waals surface area contributed by atoms with Gasteiger partial charge in [-0.25, -0.2) is 4.79 Å². The molecule has 0 aliphatic heterocycles. The van der Waals surface area contributed by atoms with Crippen molar-refractivity contribution in [2.45, 2.75) is 141 Å². The van der Waals surface area contributed by atoms with Gasteiger partial charge in [-0.05, 0) is 39.0 Å². The minimum absolute atomic E-state index is 0.0106. The molecule has 0 bridgehead atoms. The van der Waals surface area contributed by atoms with E-state index in [0.717, 1.165) is 38.5 Å². The van der Waals surface area contributed by atoms with Crippen molar-refractivity contribution in [1.82, 2.24) is 16.0 Å². The van der Waals surface area contributed by atoms with E-state index in [-0.39, 0.29) is 49.7 Å². The van der Waals surface area contributed by atoms with E-state index in [1.165, 1.54) is 51.9 Å². The quantitative estimate of drug-likeness (QED) is 0.0573. The summed E-state index contributed by atoms with van der Waals surface area (Å²) in [6.07, 6.45) is 15.5. The molecule has 0 aliphatic rings. The molecule has 0 fully saturated rings. The molecule has 5 N–H and O–H groups in total. The fourth-order valence-corrected chi connectivity index (χ4v) is 4.95. The number of hydrogen-bond donors (Lipinski definition) is 5. The molecule has 14 nitrogen and oxygen atoms in total. The molecule has 50 heavy (non-hydrogen) atoms. The number of carboxylic acid groups (broad SMARTS) is 2. The third-order valence-corrected chi connectivity index (χ3v) is 7.86. The van der Waals surface area contributed by atoms with Crippen LogP contribution in [-0.2, 0) is 43.0 Å². The summed E-state index contributed by atoms with van der Waals surface area (Å²) in [5.41, 5.74) is 0. The van der Waals surface area contributed by atoms with Gasteiger partial charge in [0.2, 0.25) is 17.7 Å². The molecule has 0 aromatic heterocycles. The molecule has 0 saturated heterocycles. The second-order valence-electron chi connectivity index (χ2n) is 12.6. The van der Waals surface area contributed by atoms with Crippen LogP contribution in [0.25, 0.3) is 0 Å². The van der Waals surface area contributed by atoms with Crippen molar-refractivity contribution in [3.8, 4) is 0 Å². The van der Waals surface area contributed by atoms with Gasteiger partial charge in [0.25, 0.3) is 0 Å². The van der Waals surface area contributed by atoms with Crippen LogP contribution in [-0.4, -0.2) is 104 Å². The molecule has 14 heteroatoms. The molecule has 0 spiro atoms. The van der Waals surface area contributed by atoms with Gasteiger partial charge >= 0.3 is 11.9 Å². The molecule has 0 saturated carbocycles. The van der Waals surface area contributed by atoms with Gasteiger partial charge in [-0.3, -0.25) is 19.2 Å². The van der Waals surface area contributed by atoms with Gasteiger partial charge in [-0.1, -0.05) is 64.2 Å². The highest BCUT2D eigenvalue weighted by atomic mass is 16.5. The normalized spacial score (nSPS) is 11.5. The van der Waals surface area contributed by atoms with Crippen molar-refractivity contribution < 1.29 is 53.2 Å². The summed E-state index contributed by atoms with van der Waals surface area (Å²) in [4.78, 5) is 68.5. The number of amides is 3. The van der Waals surface area contributed by atoms with Crippen molar-refractivity contribution in [2.24, 2.45) is 0 Å². The van der Waals surface area contributed by atoms with Gasteiger partial charge in [0.15, 0.2) is 0 Å². The summed E-state index contributed by atoms with van der Waals surface area (Å²) < 4.78 is 16.5. The van der Waals surface area contributed by atoms with Crippen LogP contribution < -0.4 is 16.0 Å². The van der Waals surface area contributed by atoms with Crippen LogP contribution in [0.15, 0.2) is 0 Å². The predicted molar refractivity (Wildman–Crippen MR) is 189 cm³/mol. The fourth-order valence-electron chi connectivity index (χ4n) is 4.95. The minimum Gasteiger partial charge on any atom is -0.481 e. The van der Waals surface area contributed by atoms with Crippen LogP contribution in [0.5, 0.6) is 0 Å². The van der Waals surface area contributed by atoms with Crippen molar-refractivity contribution in [3.63, 3.8) is 0 Å². The van der Waals surface area contributed by atoms with E-state index in [1.807, 2.05) is 0 Å². The van der Waals surface area contributed by atoms with Gasteiger partial charge < -0.3 is 45.2 Å². The number of Topliss-reactive ketones (excluding diaryl/α,β-unsaturated/α-hetero) is 1. The Morgan fingerprint density at radius 3 is 1.32 bits per heavy atom. The van der Waals surface area contributed by atoms with Crippen molar-refractivity contribution in [3.05, 3.63) is 0 Å². The monoisotopic (exact) mass is 715 g/mol. The summed E-state index contributed by atoms with van der Waals surface area (Å²) in [6.45, 7) is 5.05. The molecule has 0 heterocycles. The first-order valence-electron chi connectivity index (χ1n) is 18.6. The Kier molecular flexibility index (Phi) is 32.2. The van der Waals surface area contributed by atoms with Crippen molar-refractivity contribution in [2.75, 3.05) is 52.7 Å². The molecule has 0 aromatic carbocycles. The first kappa shape index (κ1) is 46.9. The number of carbonyl (C=O) groups excluding carboxylic acids is 4. The zero-order chi connectivity index (χ0) is 37.1. The highest BCUT2D eigenvalue weighted by Crippen LogP contribution is 2.13. The van der Waals surface area contributed by atoms with E-state index in [0.29, 0.717) is 65.6 Å². The number of carboxylic acids is 2. The van der Waals surface area contributed by atoms with Crippen LogP contribution >= 0.6 is 0 Å². The zero-order valence-electron chi connectivity index (χ0n) is 30.4. The van der Waals surface area contributed by atoms with Gasteiger partial charge in [-0.2, -0.15) is 0 Å². The lowest BCUT2D eigenvalue weighted by Crippen LogP contribution is -2.41. The number of carbonyl (C=O) groups is 6. The Morgan fingerprint density at radius 1 is 0.480 bits per heavy atom. The molecular weight excluding hydrogens is 650 g/mol. The van der Waals surface area contributed by atoms with E-state index < -0.39 is 23.9 Å². The van der Waals surface area contributed by atoms with Crippen LogP contribution in [0, 0.1) is 0 Å². The molecular formula is C36H65N3O11. The molecule has 1 atom stereocenters. The summed E-state index contributed by atoms with van der Waals surface area (Å²) in [7, 11) is 0. The predicted octanol–water partition coefficient (Wildman–Crippen LogP) is 4.31. The third kappa shape index (κ3) is 34.8. The fraction of sp³-hybridized carbons (Fsp3) is 0.833. The van der Waals surface area contributed by atoms with E-state index in [2.05, 4.69) is 16.0 Å². The van der Waals surface area contributed by atoms with E-state index in [9.17, 15) is 28.8 Å². The number of hydrogen-bond acceptors (Lipinski definition) is 9. The molecule has 0 rings (SSSR count). The summed E-state index contributed by atoms with van der Waals surface area (Å²) >= 11 is 0. The number of ketones is 1. The maximum Gasteiger partial charge on any atom is 0.326 e. The average Bonchev–Trinajstić information content (AvgIpc) is 3.07. The van der Waals surface area contributed by atoms with Crippen molar-refractivity contribution in [1.29, 1.82) is 0 Å². The van der Waals surface area contributed by atoms with E-state index in [1.54, 1.807) is 0 Å². The molecule has 0 radical (unpaired) electrons. The minimum atomic E-state index is -1.22. The Labute approximate surface area is 298 Å². The summed E-state index contributed by atoms with van der Waals surface area (Å²) in [6, 6.07) is -1.15. The Balaban J connectivity index is 3.40. The van der Waals surface area contributed by atoms with Crippen LogP contribution in [0.1, 0.15) is 135 Å². The topological polar surface area (TPSA) is 207 Å². The molecule has 3 amide bonds. The average molecular weight is 716 g/mol. The lowest BCUT2D eigenvalue weighted by molar-refractivity contribution is -0.142. The Bertz CT molecular complexity index is 933. The lowest BCUT2D eigenvalue weighted by atomic mass is 10.0. The third-order valence-electron chi connectivity index (χ3n) is 7.86. The maximum atomic E-state index is 12.0. The smallest absolute Gasteiger partial charge is 0.326 e. The molecule has 290 valence electrons. The van der Waals surface area contributed by atoms with Gasteiger partial charge in [-0.15, -0.1) is 0 Å². The van der Waals surface area contributed by atoms with Crippen LogP contribution in [0.2, 0.25) is 0 Å². The van der Waals surface area contributed by atoms with Crippen LogP contribution in [0.3, 0.4) is 0 Å². The zero-order valence-corrected chi connectivity index (χ0v) is 30.4. The largest absolute Gasteiger partial charge is 0.481 e. The van der Waals surface area contributed by atoms with Crippen LogP contribution in [0.4, 0.5) is 0 Å². The molecule has 0 aromatic rings. The van der Waals surface area contributed by atoms with Gasteiger partial charge in [0.05, 0.1) is 26.4 Å². The highest BCUT2D eigenvalue weighted by molar-refractivity contribution is 5.87. The number of unbranched alkanes of at least 4 members (excludes halogenated alkanes) is 11. The number of ether oxygens (including phenoxy) is 3. The first-order chi connectivity index (χ1) is 24.1. The Hall–Kier alpha value is -3.10. The second-order valence-corrected chi connectivity index (χ2v) is 12.6. The van der Waals surface area contributed by atoms with Crippen molar-refractivity contribution >= 4 is 35.4 Å². The van der Waals surface area contributed by atoms with Gasteiger partial charge in [0.1, 0.15) is 11.8 Å². The van der Waals surface area contributed by atoms with E-state index >= 15 is 0 Å². The number of aliphatic carboxylic acids is 2. The lowest BCUT2D eigenvalue weighted by Gasteiger charge is -2.13. The maximum absolute atomic E-state index is 12.0. The molecule has 0 unspecified atom stereocenters. The SMILES string of the molecule is CC(=O)CC[C@H](NC(=O)CCC(=O)NCCCOCCOCCOCCCNC(=O)CCCCCCCCCCCCCCC(=O)O)C(=O)O. The number of rotatable bonds is 37. The summed E-state index contributed by atoms with van der Waals surface area (Å²) in [5, 5.41) is 25.7. The second kappa shape index (κ2) is 34.4. The number of nitrogens with one attached hydrogen (secondary N) is 3. The Morgan fingerprint density at radius 2 is 0.880 bits per heavy atom. The first-order valence-corrected chi connectivity index (χ1v) is 18.6. The standard InChI is InChI=1S/C36H65N3O11/c1-30(40)18-19-31(36(46)47)39-34(43)21-20-33(42)38-23-15-25-49-27-29-50-28-26-48-24-14-22-37-32(41)16-12-10-8-6-4-2-3-5-7-9-11-13-17-35(44)45/h31H,2-29H2,1H3,(H,37,41)(H,38,42)(H,39,43)(H,44,45)(H,46,47)/t31-/m0/s1. The highest BCUT2D eigenvalue weighted by Gasteiger charge is 2.20. The summed E-state index contributed by atoms with van der Waals surface area (Å²) in [5.74, 6) is -2.86. The van der Waals surface area contributed by atoms with E-state index in [4.69, 9.17) is 24.4 Å². The van der Waals surface area contributed by atoms with Gasteiger partial charge in [0, 0.05) is 58.4 Å².